The van der Waals surface area contributed by atoms with Crippen LogP contribution in [0.1, 0.15) is 54.9 Å². The van der Waals surface area contributed by atoms with Crippen LogP contribution >= 0.6 is 23.2 Å². The second-order valence-corrected chi connectivity index (χ2v) is 10.4. The van der Waals surface area contributed by atoms with Crippen molar-refractivity contribution in [2.75, 3.05) is 18.4 Å². The Kier molecular flexibility index (Phi) is 8.08. The van der Waals surface area contributed by atoms with Crippen LogP contribution in [-0.4, -0.2) is 57.7 Å². The van der Waals surface area contributed by atoms with E-state index < -0.39 is 29.3 Å². The molecule has 1 spiro atoms. The molecule has 3 N–H and O–H groups in total. The van der Waals surface area contributed by atoms with Gasteiger partial charge in [0, 0.05) is 55.8 Å². The average Bonchev–Trinajstić information content (AvgIpc) is 2.88. The van der Waals surface area contributed by atoms with E-state index in [1.54, 1.807) is 29.2 Å². The highest BCUT2D eigenvalue weighted by molar-refractivity contribution is 6.40. The van der Waals surface area contributed by atoms with Crippen molar-refractivity contribution < 1.29 is 24.3 Å². The number of carboxylic acid groups (broad SMARTS) is 1. The summed E-state index contributed by atoms with van der Waals surface area (Å²) in [5, 5.41) is 16.3. The first-order valence-electron chi connectivity index (χ1n) is 12.3. The zero-order chi connectivity index (χ0) is 27.6. The summed E-state index contributed by atoms with van der Waals surface area (Å²) in [6.07, 6.45) is 5.58. The number of aromatic nitrogens is 1. The van der Waals surface area contributed by atoms with Crippen molar-refractivity contribution in [1.29, 1.82) is 0 Å². The lowest BCUT2D eigenvalue weighted by molar-refractivity contribution is -0.141. The van der Waals surface area contributed by atoms with E-state index in [0.717, 1.165) is 5.56 Å². The molecule has 1 aliphatic carbocycles. The van der Waals surface area contributed by atoms with Gasteiger partial charge in [0.2, 0.25) is 5.91 Å². The van der Waals surface area contributed by atoms with Gasteiger partial charge in [-0.3, -0.25) is 19.4 Å². The number of likely N-dealkylation sites (tertiary alicyclic amines) is 1. The van der Waals surface area contributed by atoms with Crippen LogP contribution in [0, 0.1) is 5.41 Å². The Labute approximate surface area is 230 Å². The van der Waals surface area contributed by atoms with Crippen LogP contribution in [0.4, 0.5) is 5.69 Å². The molecule has 1 aliphatic heterocycles. The number of pyridine rings is 1. The van der Waals surface area contributed by atoms with Crippen molar-refractivity contribution in [3.05, 3.63) is 69.6 Å². The normalized spacial score (nSPS) is 17.7. The number of halogens is 2. The number of anilines is 1. The molecule has 4 rings (SSSR count). The number of allylic oxidation sites excluding steroid dienone is 2. The number of nitrogens with zero attached hydrogens (tertiary/aromatic N) is 2. The fraction of sp³-hybridized carbons (Fsp3) is 0.370. The number of carbonyl (C=O) groups excluding carboxylic acids is 3. The lowest BCUT2D eigenvalue weighted by atomic mass is 9.64. The number of amides is 2. The molecule has 38 heavy (non-hydrogen) atoms. The first kappa shape index (κ1) is 27.6. The van der Waals surface area contributed by atoms with E-state index in [-0.39, 0.29) is 27.3 Å². The van der Waals surface area contributed by atoms with Crippen LogP contribution in [0.3, 0.4) is 0 Å². The van der Waals surface area contributed by atoms with Crippen LogP contribution in [0.5, 0.6) is 0 Å². The molecule has 1 fully saturated rings. The van der Waals surface area contributed by atoms with Gasteiger partial charge in [-0.25, -0.2) is 4.79 Å². The maximum Gasteiger partial charge on any atom is 0.326 e. The molecule has 0 saturated carbocycles. The molecule has 2 atom stereocenters. The van der Waals surface area contributed by atoms with Gasteiger partial charge in [0.1, 0.15) is 6.04 Å². The van der Waals surface area contributed by atoms with Crippen molar-refractivity contribution in [3.63, 3.8) is 0 Å². The van der Waals surface area contributed by atoms with Crippen LogP contribution in [0.15, 0.2) is 48.4 Å². The largest absolute Gasteiger partial charge is 0.480 e. The average molecular weight is 559 g/mol. The van der Waals surface area contributed by atoms with E-state index in [1.165, 1.54) is 25.4 Å². The first-order chi connectivity index (χ1) is 18.1. The van der Waals surface area contributed by atoms with Crippen molar-refractivity contribution >= 4 is 52.5 Å². The monoisotopic (exact) mass is 558 g/mol. The summed E-state index contributed by atoms with van der Waals surface area (Å²) < 4.78 is 0. The smallest absolute Gasteiger partial charge is 0.326 e. The summed E-state index contributed by atoms with van der Waals surface area (Å²) in [5.74, 6) is -2.00. The predicted molar refractivity (Wildman–Crippen MR) is 143 cm³/mol. The Hall–Kier alpha value is -3.43. The highest BCUT2D eigenvalue weighted by atomic mass is 35.5. The standard InChI is InChI=1S/C27H28Cl2N4O5/c1-3-18(16-4-6-17(7-5-16)31-25(36)23-19(28)13-30-14-20(23)29)24(26(37)38)32-21-12-22(35)27(21)8-10-33(11-9-27)15(2)34/h4-7,12-14,18,24,32H,3,8-11H2,1-2H3,(H,31,36)(H,37,38)/t18?,24-/m0/s1. The Morgan fingerprint density at radius 1 is 1.11 bits per heavy atom. The minimum Gasteiger partial charge on any atom is -0.480 e. The van der Waals surface area contributed by atoms with Crippen LogP contribution in [0.2, 0.25) is 10.0 Å². The molecule has 1 aromatic heterocycles. The van der Waals surface area contributed by atoms with Gasteiger partial charge in [-0.15, -0.1) is 0 Å². The summed E-state index contributed by atoms with van der Waals surface area (Å²) >= 11 is 12.1. The third kappa shape index (κ3) is 5.26. The van der Waals surface area contributed by atoms with E-state index in [2.05, 4.69) is 15.6 Å². The zero-order valence-electron chi connectivity index (χ0n) is 21.0. The number of aliphatic carboxylic acids is 1. The minimum absolute atomic E-state index is 0.0325. The van der Waals surface area contributed by atoms with Crippen molar-refractivity contribution in [2.45, 2.75) is 45.1 Å². The van der Waals surface area contributed by atoms with E-state index in [1.807, 2.05) is 6.92 Å². The molecule has 2 heterocycles. The Morgan fingerprint density at radius 2 is 1.71 bits per heavy atom. The molecule has 2 aromatic rings. The van der Waals surface area contributed by atoms with Crippen molar-refractivity contribution in [3.8, 4) is 0 Å². The third-order valence-electron chi connectivity index (χ3n) is 7.42. The van der Waals surface area contributed by atoms with Crippen LogP contribution < -0.4 is 10.6 Å². The number of hydrogen-bond acceptors (Lipinski definition) is 6. The van der Waals surface area contributed by atoms with Crippen LogP contribution in [-0.2, 0) is 14.4 Å². The van der Waals surface area contributed by atoms with Gasteiger partial charge in [-0.05, 0) is 37.0 Å². The maximum atomic E-state index is 12.7. The van der Waals surface area contributed by atoms with Gasteiger partial charge in [0.05, 0.1) is 21.0 Å². The molecule has 1 unspecified atom stereocenters. The van der Waals surface area contributed by atoms with E-state index in [4.69, 9.17) is 23.2 Å². The molecule has 200 valence electrons. The quantitative estimate of drug-likeness (QED) is 0.441. The Bertz CT molecular complexity index is 1280. The molecular formula is C27H28Cl2N4O5. The zero-order valence-corrected chi connectivity index (χ0v) is 22.5. The molecular weight excluding hydrogens is 531 g/mol. The van der Waals surface area contributed by atoms with Gasteiger partial charge in [0.15, 0.2) is 5.78 Å². The number of carbonyl (C=O) groups is 4. The number of hydrogen-bond donors (Lipinski definition) is 3. The number of benzene rings is 1. The maximum absolute atomic E-state index is 12.7. The summed E-state index contributed by atoms with van der Waals surface area (Å²) in [5.41, 5.74) is 1.21. The van der Waals surface area contributed by atoms with Crippen molar-refractivity contribution in [2.24, 2.45) is 5.41 Å². The van der Waals surface area contributed by atoms with Crippen LogP contribution in [0.25, 0.3) is 0 Å². The lowest BCUT2D eigenvalue weighted by Gasteiger charge is -2.47. The Morgan fingerprint density at radius 3 is 2.21 bits per heavy atom. The second kappa shape index (κ2) is 11.1. The highest BCUT2D eigenvalue weighted by Crippen LogP contribution is 2.46. The molecule has 2 amide bonds. The van der Waals surface area contributed by atoms with Gasteiger partial charge in [-0.1, -0.05) is 42.3 Å². The molecule has 0 bridgehead atoms. The number of carboxylic acids is 1. The van der Waals surface area contributed by atoms with E-state index in [9.17, 15) is 24.3 Å². The van der Waals surface area contributed by atoms with Gasteiger partial charge >= 0.3 is 5.97 Å². The summed E-state index contributed by atoms with van der Waals surface area (Å²) in [6, 6.07) is 5.92. The summed E-state index contributed by atoms with van der Waals surface area (Å²) in [7, 11) is 0. The number of piperidine rings is 1. The second-order valence-electron chi connectivity index (χ2n) is 9.54. The predicted octanol–water partition coefficient (Wildman–Crippen LogP) is 4.27. The number of rotatable bonds is 8. The number of nitrogens with one attached hydrogen (secondary N) is 2. The molecule has 2 aliphatic rings. The van der Waals surface area contributed by atoms with E-state index >= 15 is 0 Å². The first-order valence-corrected chi connectivity index (χ1v) is 13.0. The van der Waals surface area contributed by atoms with Gasteiger partial charge < -0.3 is 20.6 Å². The summed E-state index contributed by atoms with van der Waals surface area (Å²) in [6.45, 7) is 4.31. The molecule has 1 aromatic carbocycles. The fourth-order valence-corrected chi connectivity index (χ4v) is 5.70. The molecule has 9 nitrogen and oxygen atoms in total. The fourth-order valence-electron chi connectivity index (χ4n) is 5.16. The molecule has 0 radical (unpaired) electrons. The third-order valence-corrected chi connectivity index (χ3v) is 7.99. The van der Waals surface area contributed by atoms with E-state index in [0.29, 0.717) is 43.7 Å². The minimum atomic E-state index is -1.03. The summed E-state index contributed by atoms with van der Waals surface area (Å²) in [4.78, 5) is 54.9. The topological polar surface area (TPSA) is 129 Å². The Balaban J connectivity index is 1.49. The number of ketones is 1. The highest BCUT2D eigenvalue weighted by Gasteiger charge is 2.51. The van der Waals surface area contributed by atoms with Gasteiger partial charge in [-0.2, -0.15) is 0 Å². The van der Waals surface area contributed by atoms with Crippen molar-refractivity contribution in [1.82, 2.24) is 15.2 Å². The van der Waals surface area contributed by atoms with Gasteiger partial charge in [0.25, 0.3) is 5.91 Å². The lowest BCUT2D eigenvalue weighted by Crippen LogP contribution is -2.56. The SMILES string of the molecule is CCC(c1ccc(NC(=O)c2c(Cl)cncc2Cl)cc1)[C@H](NC1=CC(=O)C12CCN(C(C)=O)CC2)C(=O)O. The molecule has 1 saturated heterocycles. The molecule has 11 heteroatoms.